The molecule has 2 atom stereocenters. The maximum Gasteiger partial charge on any atom is 0.228 e. The third-order valence-corrected chi connectivity index (χ3v) is 4.89. The van der Waals surface area contributed by atoms with E-state index in [1.165, 1.54) is 0 Å². The highest BCUT2D eigenvalue weighted by atomic mass is 16.3. The number of likely N-dealkylation sites (tertiary alicyclic amines) is 1. The lowest BCUT2D eigenvalue weighted by Gasteiger charge is -2.39. The molecular formula is C18H24N4O3. The summed E-state index contributed by atoms with van der Waals surface area (Å²) in [6.45, 7) is 3.09. The number of hydrogen-bond acceptors (Lipinski definition) is 4. The van der Waals surface area contributed by atoms with Crippen molar-refractivity contribution in [3.8, 4) is 0 Å². The van der Waals surface area contributed by atoms with Crippen LogP contribution in [0.5, 0.6) is 0 Å². The van der Waals surface area contributed by atoms with E-state index in [9.17, 15) is 9.59 Å². The van der Waals surface area contributed by atoms with Gasteiger partial charge < -0.3 is 14.2 Å². The van der Waals surface area contributed by atoms with Gasteiger partial charge >= 0.3 is 0 Å². The molecular weight excluding hydrogens is 320 g/mol. The van der Waals surface area contributed by atoms with Gasteiger partial charge in [0.15, 0.2) is 0 Å². The molecule has 0 spiro atoms. The molecule has 0 N–H and O–H groups in total. The van der Waals surface area contributed by atoms with Crippen molar-refractivity contribution in [2.45, 2.75) is 32.4 Å². The molecule has 1 aliphatic heterocycles. The largest absolute Gasteiger partial charge is 0.472 e. The van der Waals surface area contributed by atoms with E-state index in [-0.39, 0.29) is 23.8 Å². The summed E-state index contributed by atoms with van der Waals surface area (Å²) in [6, 6.07) is 1.59. The zero-order valence-electron chi connectivity index (χ0n) is 14.9. The molecule has 2 aromatic heterocycles. The van der Waals surface area contributed by atoms with Gasteiger partial charge in [0.1, 0.15) is 0 Å². The highest BCUT2D eigenvalue weighted by Crippen LogP contribution is 2.36. The Morgan fingerprint density at radius 2 is 2.24 bits per heavy atom. The molecule has 0 bridgehead atoms. The fraction of sp³-hybridized carbons (Fsp3) is 0.500. The summed E-state index contributed by atoms with van der Waals surface area (Å²) in [6.07, 6.45) is 7.85. The highest BCUT2D eigenvalue weighted by Gasteiger charge is 2.40. The average molecular weight is 344 g/mol. The number of furan rings is 1. The van der Waals surface area contributed by atoms with Gasteiger partial charge in [-0.2, -0.15) is 5.10 Å². The Hall–Kier alpha value is -2.57. The maximum atomic E-state index is 13.2. The Kier molecular flexibility index (Phi) is 4.92. The number of hydrogen-bond donors (Lipinski definition) is 0. The van der Waals surface area contributed by atoms with Crippen LogP contribution < -0.4 is 0 Å². The van der Waals surface area contributed by atoms with Gasteiger partial charge in [-0.1, -0.05) is 0 Å². The quantitative estimate of drug-likeness (QED) is 0.831. The maximum absolute atomic E-state index is 13.2. The molecule has 2 aromatic rings. The predicted molar refractivity (Wildman–Crippen MR) is 91.2 cm³/mol. The minimum Gasteiger partial charge on any atom is -0.472 e. The molecule has 7 heteroatoms. The van der Waals surface area contributed by atoms with E-state index in [0.717, 1.165) is 11.1 Å². The average Bonchev–Trinajstić information content (AvgIpc) is 3.26. The minimum atomic E-state index is -0.277. The normalized spacial score (nSPS) is 20.8. The van der Waals surface area contributed by atoms with Crippen molar-refractivity contribution in [1.82, 2.24) is 19.6 Å². The number of aromatic nitrogens is 2. The summed E-state index contributed by atoms with van der Waals surface area (Å²) in [5, 5.41) is 4.21. The highest BCUT2D eigenvalue weighted by molar-refractivity contribution is 5.85. The molecule has 7 nitrogen and oxygen atoms in total. The second-order valence-electron chi connectivity index (χ2n) is 6.53. The van der Waals surface area contributed by atoms with Crippen LogP contribution in [0.1, 0.15) is 36.9 Å². The monoisotopic (exact) mass is 344 g/mol. The first-order chi connectivity index (χ1) is 12.0. The molecule has 0 aromatic carbocycles. The van der Waals surface area contributed by atoms with Crippen LogP contribution in [0.3, 0.4) is 0 Å². The summed E-state index contributed by atoms with van der Waals surface area (Å²) in [7, 11) is 3.61. The van der Waals surface area contributed by atoms with Crippen LogP contribution in [-0.4, -0.2) is 45.0 Å². The molecule has 2 amide bonds. The third kappa shape index (κ3) is 3.45. The van der Waals surface area contributed by atoms with E-state index in [0.29, 0.717) is 25.9 Å². The lowest BCUT2D eigenvalue weighted by molar-refractivity contribution is -0.147. The number of carbonyl (C=O) groups is 2. The van der Waals surface area contributed by atoms with Crippen LogP contribution in [0.25, 0.3) is 0 Å². The van der Waals surface area contributed by atoms with Crippen molar-refractivity contribution in [3.63, 3.8) is 0 Å². The van der Waals surface area contributed by atoms with Crippen molar-refractivity contribution in [2.75, 3.05) is 13.6 Å². The molecule has 0 saturated carbocycles. The molecule has 3 heterocycles. The van der Waals surface area contributed by atoms with Crippen molar-refractivity contribution in [3.05, 3.63) is 42.1 Å². The van der Waals surface area contributed by atoms with Crippen LogP contribution in [0.15, 0.2) is 35.4 Å². The predicted octanol–water partition coefficient (Wildman–Crippen LogP) is 1.97. The van der Waals surface area contributed by atoms with E-state index < -0.39 is 0 Å². The van der Waals surface area contributed by atoms with E-state index in [4.69, 9.17) is 4.42 Å². The number of aryl methyl sites for hydroxylation is 1. The molecule has 25 heavy (non-hydrogen) atoms. The number of amides is 2. The molecule has 134 valence electrons. The fourth-order valence-electron chi connectivity index (χ4n) is 3.53. The van der Waals surface area contributed by atoms with E-state index >= 15 is 0 Å². The number of piperidine rings is 1. The summed E-state index contributed by atoms with van der Waals surface area (Å²) >= 11 is 0. The smallest absolute Gasteiger partial charge is 0.228 e. The summed E-state index contributed by atoms with van der Waals surface area (Å²) in [4.78, 5) is 28.9. The van der Waals surface area contributed by atoms with Crippen molar-refractivity contribution in [1.29, 1.82) is 0 Å². The first kappa shape index (κ1) is 17.3. The molecule has 1 fully saturated rings. The summed E-state index contributed by atoms with van der Waals surface area (Å²) in [5.74, 6) is -0.133. The Balaban J connectivity index is 1.86. The second kappa shape index (κ2) is 7.13. The number of rotatable bonds is 5. The topological polar surface area (TPSA) is 71.6 Å². The van der Waals surface area contributed by atoms with Crippen molar-refractivity contribution < 1.29 is 14.0 Å². The van der Waals surface area contributed by atoms with E-state index in [1.807, 2.05) is 31.1 Å². The molecule has 0 radical (unpaired) electrons. The lowest BCUT2D eigenvalue weighted by atomic mass is 9.84. The van der Waals surface area contributed by atoms with Gasteiger partial charge in [0.05, 0.1) is 30.7 Å². The van der Waals surface area contributed by atoms with Crippen molar-refractivity contribution in [2.24, 2.45) is 13.0 Å². The van der Waals surface area contributed by atoms with Crippen LogP contribution in [0.4, 0.5) is 0 Å². The summed E-state index contributed by atoms with van der Waals surface area (Å²) < 4.78 is 6.81. The Labute approximate surface area is 147 Å². The van der Waals surface area contributed by atoms with Gasteiger partial charge in [-0.05, 0) is 19.4 Å². The molecule has 1 aliphatic rings. The van der Waals surface area contributed by atoms with E-state index in [2.05, 4.69) is 5.10 Å². The van der Waals surface area contributed by atoms with Crippen LogP contribution in [0, 0.1) is 5.92 Å². The Bertz CT molecular complexity index is 737. The molecule has 0 aliphatic carbocycles. The Morgan fingerprint density at radius 1 is 1.44 bits per heavy atom. The molecule has 1 saturated heterocycles. The molecule has 3 rings (SSSR count). The van der Waals surface area contributed by atoms with Gasteiger partial charge in [-0.25, -0.2) is 0 Å². The first-order valence-electron chi connectivity index (χ1n) is 8.55. The van der Waals surface area contributed by atoms with Gasteiger partial charge in [0.25, 0.3) is 0 Å². The number of carbonyl (C=O) groups excluding carboxylic acids is 2. The molecule has 0 unspecified atom stereocenters. The van der Waals surface area contributed by atoms with Crippen molar-refractivity contribution >= 4 is 11.8 Å². The minimum absolute atomic E-state index is 0.0655. The zero-order chi connectivity index (χ0) is 18.0. The zero-order valence-corrected chi connectivity index (χ0v) is 14.9. The number of nitrogens with zero attached hydrogens (tertiary/aromatic N) is 4. The second-order valence-corrected chi connectivity index (χ2v) is 6.53. The van der Waals surface area contributed by atoms with E-state index in [1.54, 1.807) is 35.4 Å². The lowest BCUT2D eigenvalue weighted by Crippen LogP contribution is -2.47. The SMILES string of the molecule is CCN(Cc1ccoc1)C(=O)[C@@H]1CCC(=O)N(C)[C@@H]1c1cnn(C)c1. The van der Waals surface area contributed by atoms with Crippen LogP contribution >= 0.6 is 0 Å². The summed E-state index contributed by atoms with van der Waals surface area (Å²) in [5.41, 5.74) is 1.86. The third-order valence-electron chi connectivity index (χ3n) is 4.89. The first-order valence-corrected chi connectivity index (χ1v) is 8.55. The van der Waals surface area contributed by atoms with Gasteiger partial charge in [0.2, 0.25) is 11.8 Å². The van der Waals surface area contributed by atoms with Gasteiger partial charge in [0, 0.05) is 50.9 Å². The fourth-order valence-corrected chi connectivity index (χ4v) is 3.53. The standard InChI is InChI=1S/C18H24N4O3/c1-4-22(10-13-7-8-25-12-13)18(24)15-5-6-16(23)21(3)17(15)14-9-19-20(2)11-14/h7-9,11-12,15,17H,4-6,10H2,1-3H3/t15-,17-/m1/s1. The van der Waals surface area contributed by atoms with Crippen LogP contribution in [-0.2, 0) is 23.2 Å². The van der Waals surface area contributed by atoms with Crippen LogP contribution in [0.2, 0.25) is 0 Å². The van der Waals surface area contributed by atoms with Gasteiger partial charge in [-0.3, -0.25) is 14.3 Å². The Morgan fingerprint density at radius 3 is 2.84 bits per heavy atom. The van der Waals surface area contributed by atoms with Gasteiger partial charge in [-0.15, -0.1) is 0 Å².